The van der Waals surface area contributed by atoms with Gasteiger partial charge in [-0.3, -0.25) is 0 Å². The van der Waals surface area contributed by atoms with Crippen molar-refractivity contribution in [2.24, 2.45) is 0 Å². The fourth-order valence-corrected chi connectivity index (χ4v) is 4.41. The summed E-state index contributed by atoms with van der Waals surface area (Å²) in [5.41, 5.74) is 2.36. The summed E-state index contributed by atoms with van der Waals surface area (Å²) in [4.78, 5) is 0. The minimum absolute atomic E-state index is 0.328. The quantitative estimate of drug-likeness (QED) is 0.527. The van der Waals surface area contributed by atoms with Gasteiger partial charge in [-0.2, -0.15) is 0 Å². The molecule has 0 amide bonds. The van der Waals surface area contributed by atoms with Gasteiger partial charge >= 0.3 is 0 Å². The number of ether oxygens (including phenoxy) is 2. The van der Waals surface area contributed by atoms with Gasteiger partial charge in [-0.25, -0.2) is 0 Å². The van der Waals surface area contributed by atoms with Crippen molar-refractivity contribution in [1.29, 1.82) is 0 Å². The summed E-state index contributed by atoms with van der Waals surface area (Å²) in [6.07, 6.45) is 3.56. The number of aryl methyl sites for hydroxylation is 1. The van der Waals surface area contributed by atoms with Gasteiger partial charge in [-0.15, -0.1) is 10.2 Å². The van der Waals surface area contributed by atoms with Crippen molar-refractivity contribution in [3.63, 3.8) is 0 Å². The summed E-state index contributed by atoms with van der Waals surface area (Å²) < 4.78 is 13.3. The summed E-state index contributed by atoms with van der Waals surface area (Å²) in [5, 5.41) is 9.96. The molecule has 0 saturated carbocycles. The predicted octanol–water partition coefficient (Wildman–Crippen LogP) is 4.47. The lowest BCUT2D eigenvalue weighted by atomic mass is 10.1. The van der Waals surface area contributed by atoms with Crippen LogP contribution < -0.4 is 4.74 Å². The molecule has 2 aromatic carbocycles. The maximum absolute atomic E-state index is 5.77. The first kappa shape index (κ1) is 19.0. The molecule has 0 bridgehead atoms. The molecule has 146 valence electrons. The highest BCUT2D eigenvalue weighted by atomic mass is 32.2. The zero-order valence-electron chi connectivity index (χ0n) is 16.1. The summed E-state index contributed by atoms with van der Waals surface area (Å²) in [6, 6.07) is 18.5. The molecule has 1 atom stereocenters. The van der Waals surface area contributed by atoms with Crippen LogP contribution in [0.5, 0.6) is 5.75 Å². The fraction of sp³-hybridized carbons (Fsp3) is 0.364. The highest BCUT2D eigenvalue weighted by molar-refractivity contribution is 7.99. The second-order valence-electron chi connectivity index (χ2n) is 6.87. The first-order valence-corrected chi connectivity index (χ1v) is 10.7. The van der Waals surface area contributed by atoms with Crippen molar-refractivity contribution < 1.29 is 9.47 Å². The van der Waals surface area contributed by atoms with Gasteiger partial charge < -0.3 is 14.0 Å². The van der Waals surface area contributed by atoms with Crippen LogP contribution in [0.4, 0.5) is 0 Å². The first-order chi connectivity index (χ1) is 13.8. The third-order valence-electron chi connectivity index (χ3n) is 4.95. The van der Waals surface area contributed by atoms with Crippen molar-refractivity contribution in [2.75, 3.05) is 19.5 Å². The molecule has 1 saturated heterocycles. The van der Waals surface area contributed by atoms with Gasteiger partial charge in [-0.05, 0) is 49.1 Å². The van der Waals surface area contributed by atoms with Gasteiger partial charge in [0.05, 0.1) is 13.2 Å². The maximum Gasteiger partial charge on any atom is 0.191 e. The van der Waals surface area contributed by atoms with Crippen molar-refractivity contribution in [3.8, 4) is 17.1 Å². The predicted molar refractivity (Wildman–Crippen MR) is 112 cm³/mol. The fourth-order valence-electron chi connectivity index (χ4n) is 3.38. The van der Waals surface area contributed by atoms with Crippen LogP contribution in [-0.2, 0) is 17.7 Å². The Morgan fingerprint density at radius 1 is 1.11 bits per heavy atom. The van der Waals surface area contributed by atoms with E-state index >= 15 is 0 Å². The minimum atomic E-state index is 0.328. The van der Waals surface area contributed by atoms with Gasteiger partial charge in [0.25, 0.3) is 0 Å². The molecule has 1 aliphatic rings. The molecular weight excluding hydrogens is 370 g/mol. The van der Waals surface area contributed by atoms with E-state index in [4.69, 9.17) is 9.47 Å². The lowest BCUT2D eigenvalue weighted by molar-refractivity contribution is 0.129. The van der Waals surface area contributed by atoms with Crippen molar-refractivity contribution in [2.45, 2.75) is 37.1 Å². The number of methoxy groups -OCH3 is 1. The second-order valence-corrected chi connectivity index (χ2v) is 7.86. The van der Waals surface area contributed by atoms with E-state index in [1.807, 2.05) is 30.3 Å². The maximum atomic E-state index is 5.77. The van der Waals surface area contributed by atoms with E-state index < -0.39 is 0 Å². The summed E-state index contributed by atoms with van der Waals surface area (Å²) in [6.45, 7) is 1.72. The smallest absolute Gasteiger partial charge is 0.191 e. The number of hydrogen-bond acceptors (Lipinski definition) is 5. The van der Waals surface area contributed by atoms with Crippen LogP contribution in [0.3, 0.4) is 0 Å². The summed E-state index contributed by atoms with van der Waals surface area (Å²) >= 11 is 1.74. The normalized spacial score (nSPS) is 16.4. The Morgan fingerprint density at radius 3 is 2.64 bits per heavy atom. The number of thioether (sulfide) groups is 1. The molecule has 3 aromatic rings. The highest BCUT2D eigenvalue weighted by Crippen LogP contribution is 2.28. The van der Waals surface area contributed by atoms with Crippen LogP contribution >= 0.6 is 11.8 Å². The molecular formula is C22H25N3O2S. The molecule has 2 heterocycles. The molecule has 28 heavy (non-hydrogen) atoms. The molecule has 1 fully saturated rings. The Bertz CT molecular complexity index is 875. The molecule has 0 aliphatic carbocycles. The monoisotopic (exact) mass is 395 g/mol. The first-order valence-electron chi connectivity index (χ1n) is 9.69. The van der Waals surface area contributed by atoms with Gasteiger partial charge in [0.1, 0.15) is 5.75 Å². The number of hydrogen-bond donors (Lipinski definition) is 0. The Balaban J connectivity index is 1.56. The Labute approximate surface area is 170 Å². The third kappa shape index (κ3) is 4.56. The Morgan fingerprint density at radius 2 is 1.93 bits per heavy atom. The molecule has 0 N–H and O–H groups in total. The number of rotatable bonds is 8. The summed E-state index contributed by atoms with van der Waals surface area (Å²) in [7, 11) is 1.68. The van der Waals surface area contributed by atoms with Gasteiger partial charge in [0.15, 0.2) is 11.0 Å². The molecule has 0 unspecified atom stereocenters. The van der Waals surface area contributed by atoms with E-state index in [-0.39, 0.29) is 0 Å². The van der Waals surface area contributed by atoms with Gasteiger partial charge in [-0.1, -0.05) is 42.1 Å². The van der Waals surface area contributed by atoms with E-state index in [9.17, 15) is 0 Å². The SMILES string of the molecule is COc1ccc(-c2nnc(SC[C@H]3CCCO3)n2CCc2ccccc2)cc1. The molecule has 1 aromatic heterocycles. The number of benzene rings is 2. The van der Waals surface area contributed by atoms with Crippen LogP contribution in [-0.4, -0.2) is 40.3 Å². The third-order valence-corrected chi connectivity index (χ3v) is 6.05. The average Bonchev–Trinajstić information content (AvgIpc) is 3.41. The van der Waals surface area contributed by atoms with Crippen molar-refractivity contribution >= 4 is 11.8 Å². The van der Waals surface area contributed by atoms with Gasteiger partial charge in [0.2, 0.25) is 0 Å². The van der Waals surface area contributed by atoms with E-state index in [0.717, 1.165) is 60.5 Å². The Hall–Kier alpha value is -2.31. The van der Waals surface area contributed by atoms with Crippen LogP contribution in [0.1, 0.15) is 18.4 Å². The molecule has 5 nitrogen and oxygen atoms in total. The standard InChI is InChI=1S/C22H25N3O2S/c1-26-19-11-9-18(10-12-19)21-23-24-22(28-16-20-8-5-15-27-20)25(21)14-13-17-6-3-2-4-7-17/h2-4,6-7,9-12,20H,5,8,13-16H2,1H3/t20-/m1/s1. The van der Waals surface area contributed by atoms with Crippen molar-refractivity contribution in [3.05, 3.63) is 60.2 Å². The largest absolute Gasteiger partial charge is 0.497 e. The van der Waals surface area contributed by atoms with Crippen LogP contribution in [0.25, 0.3) is 11.4 Å². The van der Waals surface area contributed by atoms with Crippen LogP contribution in [0.2, 0.25) is 0 Å². The number of nitrogens with zero attached hydrogens (tertiary/aromatic N) is 3. The van der Waals surface area contributed by atoms with E-state index in [1.165, 1.54) is 5.56 Å². The molecule has 1 aliphatic heterocycles. The molecule has 6 heteroatoms. The van der Waals surface area contributed by atoms with E-state index in [1.54, 1.807) is 18.9 Å². The lowest BCUT2D eigenvalue weighted by Crippen LogP contribution is -2.10. The second kappa shape index (κ2) is 9.26. The average molecular weight is 396 g/mol. The molecule has 0 spiro atoms. The lowest BCUT2D eigenvalue weighted by Gasteiger charge is -2.12. The summed E-state index contributed by atoms with van der Waals surface area (Å²) in [5.74, 6) is 2.66. The molecule has 4 rings (SSSR count). The molecule has 0 radical (unpaired) electrons. The van der Waals surface area contributed by atoms with E-state index in [2.05, 4.69) is 39.0 Å². The highest BCUT2D eigenvalue weighted by Gasteiger charge is 2.19. The zero-order valence-corrected chi connectivity index (χ0v) is 16.9. The minimum Gasteiger partial charge on any atom is -0.497 e. The zero-order chi connectivity index (χ0) is 19.2. The topological polar surface area (TPSA) is 49.2 Å². The van der Waals surface area contributed by atoms with Gasteiger partial charge in [0, 0.05) is 24.5 Å². The van der Waals surface area contributed by atoms with Crippen molar-refractivity contribution in [1.82, 2.24) is 14.8 Å². The van der Waals surface area contributed by atoms with E-state index in [0.29, 0.717) is 6.10 Å². The number of aromatic nitrogens is 3. The Kier molecular flexibility index (Phi) is 6.29. The van der Waals surface area contributed by atoms with Crippen LogP contribution in [0, 0.1) is 0 Å². The van der Waals surface area contributed by atoms with Crippen LogP contribution in [0.15, 0.2) is 59.8 Å².